The van der Waals surface area contributed by atoms with E-state index in [-0.39, 0.29) is 0 Å². The third-order valence-corrected chi connectivity index (χ3v) is 1.68. The Kier molecular flexibility index (Phi) is 3.27. The number of rotatable bonds is 2. The van der Waals surface area contributed by atoms with E-state index < -0.39 is 0 Å². The van der Waals surface area contributed by atoms with Gasteiger partial charge >= 0.3 is 0 Å². The van der Waals surface area contributed by atoms with Gasteiger partial charge in [0.1, 0.15) is 0 Å². The number of pyridine rings is 1. The standard InChI is InChI=1S/C11H13N/c1-3-10(2)6-7-11-5-4-8-12-9-11/h3-9H,1-2H3/b7-6-,10-3-. The van der Waals surface area contributed by atoms with Gasteiger partial charge < -0.3 is 0 Å². The first-order chi connectivity index (χ1) is 5.83. The molecule has 1 heterocycles. The molecule has 0 bridgehead atoms. The highest BCUT2D eigenvalue weighted by Crippen LogP contribution is 2.02. The zero-order valence-corrected chi connectivity index (χ0v) is 7.49. The summed E-state index contributed by atoms with van der Waals surface area (Å²) in [6, 6.07) is 3.97. The molecule has 62 valence electrons. The summed E-state index contributed by atoms with van der Waals surface area (Å²) < 4.78 is 0. The second-order valence-electron chi connectivity index (χ2n) is 2.65. The summed E-state index contributed by atoms with van der Waals surface area (Å²) in [4.78, 5) is 4.02. The minimum absolute atomic E-state index is 1.14. The predicted octanol–water partition coefficient (Wildman–Crippen LogP) is 3.06. The Morgan fingerprint density at radius 3 is 2.92 bits per heavy atom. The van der Waals surface area contributed by atoms with Crippen LogP contribution in [-0.4, -0.2) is 4.98 Å². The van der Waals surface area contributed by atoms with Crippen molar-refractivity contribution in [2.45, 2.75) is 13.8 Å². The third-order valence-electron chi connectivity index (χ3n) is 1.68. The Hall–Kier alpha value is -1.37. The fraction of sp³-hybridized carbons (Fsp3) is 0.182. The molecule has 0 aliphatic carbocycles. The van der Waals surface area contributed by atoms with Gasteiger partial charge in [-0.3, -0.25) is 4.98 Å². The van der Waals surface area contributed by atoms with E-state index in [4.69, 9.17) is 0 Å². The first-order valence-electron chi connectivity index (χ1n) is 4.04. The molecular weight excluding hydrogens is 146 g/mol. The van der Waals surface area contributed by atoms with Gasteiger partial charge in [0.25, 0.3) is 0 Å². The van der Waals surface area contributed by atoms with Crippen LogP contribution in [0.15, 0.2) is 42.3 Å². The summed E-state index contributed by atoms with van der Waals surface area (Å²) in [5, 5.41) is 0. The summed E-state index contributed by atoms with van der Waals surface area (Å²) in [6.07, 6.45) is 9.84. The zero-order chi connectivity index (χ0) is 8.81. The third kappa shape index (κ3) is 2.70. The van der Waals surface area contributed by atoms with E-state index in [0.717, 1.165) is 5.56 Å². The molecule has 0 atom stereocenters. The van der Waals surface area contributed by atoms with E-state index in [0.29, 0.717) is 0 Å². The largest absolute Gasteiger partial charge is 0.264 e. The fourth-order valence-corrected chi connectivity index (χ4v) is 0.798. The molecule has 0 fully saturated rings. The highest BCUT2D eigenvalue weighted by Gasteiger charge is 1.82. The molecular formula is C11H13N. The van der Waals surface area contributed by atoms with Gasteiger partial charge in [0, 0.05) is 12.4 Å². The molecule has 1 heteroatoms. The summed E-state index contributed by atoms with van der Waals surface area (Å²) in [5.41, 5.74) is 2.40. The monoisotopic (exact) mass is 159 g/mol. The predicted molar refractivity (Wildman–Crippen MR) is 52.7 cm³/mol. The van der Waals surface area contributed by atoms with Crippen molar-refractivity contribution in [2.75, 3.05) is 0 Å². The van der Waals surface area contributed by atoms with E-state index in [9.17, 15) is 0 Å². The van der Waals surface area contributed by atoms with E-state index in [1.54, 1.807) is 6.20 Å². The van der Waals surface area contributed by atoms with E-state index in [1.165, 1.54) is 5.57 Å². The molecule has 0 saturated carbocycles. The first-order valence-corrected chi connectivity index (χ1v) is 4.04. The number of hydrogen-bond acceptors (Lipinski definition) is 1. The maximum atomic E-state index is 4.02. The molecule has 1 rings (SSSR count). The second-order valence-corrected chi connectivity index (χ2v) is 2.65. The SMILES string of the molecule is C/C=C(C)\C=C/c1cccnc1. The smallest absolute Gasteiger partial charge is 0.0340 e. The molecule has 0 unspecified atom stereocenters. The van der Waals surface area contributed by atoms with Gasteiger partial charge in [-0.2, -0.15) is 0 Å². The van der Waals surface area contributed by atoms with Gasteiger partial charge in [-0.25, -0.2) is 0 Å². The van der Waals surface area contributed by atoms with Crippen molar-refractivity contribution >= 4 is 6.08 Å². The Bertz CT molecular complexity index is 283. The van der Waals surface area contributed by atoms with E-state index >= 15 is 0 Å². The van der Waals surface area contributed by atoms with E-state index in [1.807, 2.05) is 25.3 Å². The fourth-order valence-electron chi connectivity index (χ4n) is 0.798. The van der Waals surface area contributed by atoms with Crippen molar-refractivity contribution in [3.05, 3.63) is 47.8 Å². The van der Waals surface area contributed by atoms with Crippen LogP contribution < -0.4 is 0 Å². The summed E-state index contributed by atoms with van der Waals surface area (Å²) in [5.74, 6) is 0. The number of aromatic nitrogens is 1. The average Bonchev–Trinajstić information content (AvgIpc) is 2.16. The Morgan fingerprint density at radius 2 is 2.33 bits per heavy atom. The Morgan fingerprint density at radius 1 is 1.50 bits per heavy atom. The molecule has 0 saturated heterocycles. The molecule has 1 aromatic rings. The number of allylic oxidation sites excluding steroid dienone is 3. The highest BCUT2D eigenvalue weighted by molar-refractivity contribution is 5.51. The normalized spacial score (nSPS) is 12.3. The van der Waals surface area contributed by atoms with Crippen molar-refractivity contribution in [3.8, 4) is 0 Å². The Labute approximate surface area is 73.5 Å². The van der Waals surface area contributed by atoms with Gasteiger partial charge in [0.2, 0.25) is 0 Å². The molecule has 1 aromatic heterocycles. The van der Waals surface area contributed by atoms with E-state index in [2.05, 4.69) is 30.1 Å². The van der Waals surface area contributed by atoms with Crippen LogP contribution in [0, 0.1) is 0 Å². The Balaban J connectivity index is 2.70. The molecule has 0 aliphatic heterocycles. The van der Waals surface area contributed by atoms with Crippen molar-refractivity contribution < 1.29 is 0 Å². The lowest BCUT2D eigenvalue weighted by Crippen LogP contribution is -1.73. The van der Waals surface area contributed by atoms with Gasteiger partial charge in [0.15, 0.2) is 0 Å². The average molecular weight is 159 g/mol. The van der Waals surface area contributed by atoms with Crippen molar-refractivity contribution in [3.63, 3.8) is 0 Å². The zero-order valence-electron chi connectivity index (χ0n) is 7.49. The lowest BCUT2D eigenvalue weighted by molar-refractivity contribution is 1.32. The van der Waals surface area contributed by atoms with Gasteiger partial charge in [0.05, 0.1) is 0 Å². The second kappa shape index (κ2) is 4.50. The quantitative estimate of drug-likeness (QED) is 0.604. The maximum Gasteiger partial charge on any atom is 0.0340 e. The number of hydrogen-bond donors (Lipinski definition) is 0. The molecule has 0 amide bonds. The maximum absolute atomic E-state index is 4.02. The van der Waals surface area contributed by atoms with Crippen LogP contribution in [0.3, 0.4) is 0 Å². The van der Waals surface area contributed by atoms with Crippen molar-refractivity contribution in [1.29, 1.82) is 0 Å². The number of nitrogens with zero attached hydrogens (tertiary/aromatic N) is 1. The van der Waals surface area contributed by atoms with Crippen LogP contribution in [0.2, 0.25) is 0 Å². The first kappa shape index (κ1) is 8.72. The summed E-state index contributed by atoms with van der Waals surface area (Å²) in [7, 11) is 0. The molecule has 0 N–H and O–H groups in total. The molecule has 12 heavy (non-hydrogen) atoms. The van der Waals surface area contributed by atoms with Crippen LogP contribution in [-0.2, 0) is 0 Å². The van der Waals surface area contributed by atoms with Gasteiger partial charge in [-0.1, -0.05) is 29.9 Å². The lowest BCUT2D eigenvalue weighted by atomic mass is 10.2. The van der Waals surface area contributed by atoms with Crippen LogP contribution in [0.1, 0.15) is 19.4 Å². The minimum atomic E-state index is 1.14. The molecule has 0 spiro atoms. The minimum Gasteiger partial charge on any atom is -0.264 e. The van der Waals surface area contributed by atoms with Crippen molar-refractivity contribution in [2.24, 2.45) is 0 Å². The van der Waals surface area contributed by atoms with Crippen LogP contribution in [0.4, 0.5) is 0 Å². The molecule has 0 aliphatic rings. The topological polar surface area (TPSA) is 12.9 Å². The van der Waals surface area contributed by atoms with Crippen LogP contribution >= 0.6 is 0 Å². The van der Waals surface area contributed by atoms with Gasteiger partial charge in [-0.05, 0) is 25.5 Å². The van der Waals surface area contributed by atoms with Crippen LogP contribution in [0.25, 0.3) is 6.08 Å². The molecule has 0 aromatic carbocycles. The highest BCUT2D eigenvalue weighted by atomic mass is 14.6. The summed E-state index contributed by atoms with van der Waals surface area (Å²) in [6.45, 7) is 4.11. The summed E-state index contributed by atoms with van der Waals surface area (Å²) >= 11 is 0. The van der Waals surface area contributed by atoms with Crippen molar-refractivity contribution in [1.82, 2.24) is 4.98 Å². The van der Waals surface area contributed by atoms with Crippen LogP contribution in [0.5, 0.6) is 0 Å². The molecule has 1 nitrogen and oxygen atoms in total. The molecule has 0 radical (unpaired) electrons. The lowest BCUT2D eigenvalue weighted by Gasteiger charge is -1.90. The van der Waals surface area contributed by atoms with Gasteiger partial charge in [-0.15, -0.1) is 0 Å².